The molecule has 2 heterocycles. The Balaban J connectivity index is 2.08. The third-order valence-electron chi connectivity index (χ3n) is 3.35. The molecule has 1 aliphatic rings. The number of para-hydroxylation sites is 1. The molecular formula is C12H14FN3. The highest BCUT2D eigenvalue weighted by Gasteiger charge is 2.27. The van der Waals surface area contributed by atoms with Crippen molar-refractivity contribution < 1.29 is 4.39 Å². The van der Waals surface area contributed by atoms with Gasteiger partial charge in [-0.1, -0.05) is 13.0 Å². The summed E-state index contributed by atoms with van der Waals surface area (Å²) in [5.41, 5.74) is 1.24. The van der Waals surface area contributed by atoms with Gasteiger partial charge in [0.25, 0.3) is 0 Å². The monoisotopic (exact) mass is 219 g/mol. The van der Waals surface area contributed by atoms with Gasteiger partial charge in [-0.2, -0.15) is 0 Å². The van der Waals surface area contributed by atoms with Crippen LogP contribution >= 0.6 is 0 Å². The Bertz CT molecular complexity index is 520. The van der Waals surface area contributed by atoms with Crippen molar-refractivity contribution in [1.82, 2.24) is 15.3 Å². The van der Waals surface area contributed by atoms with Crippen LogP contribution in [0.3, 0.4) is 0 Å². The summed E-state index contributed by atoms with van der Waals surface area (Å²) in [6, 6.07) is 5.02. The summed E-state index contributed by atoms with van der Waals surface area (Å²) >= 11 is 0. The number of H-pyrrole nitrogens is 1. The summed E-state index contributed by atoms with van der Waals surface area (Å²) in [5, 5.41) is 3.33. The number of benzene rings is 1. The molecule has 3 nitrogen and oxygen atoms in total. The summed E-state index contributed by atoms with van der Waals surface area (Å²) in [6.07, 6.45) is 0. The van der Waals surface area contributed by atoms with Crippen LogP contribution in [0.25, 0.3) is 11.0 Å². The van der Waals surface area contributed by atoms with Gasteiger partial charge in [-0.3, -0.25) is 0 Å². The highest BCUT2D eigenvalue weighted by Crippen LogP contribution is 2.27. The minimum absolute atomic E-state index is 0.251. The van der Waals surface area contributed by atoms with Gasteiger partial charge >= 0.3 is 0 Å². The predicted molar refractivity (Wildman–Crippen MR) is 60.8 cm³/mol. The minimum Gasteiger partial charge on any atom is -0.342 e. The van der Waals surface area contributed by atoms with E-state index in [1.807, 2.05) is 6.07 Å². The Hall–Kier alpha value is -1.42. The van der Waals surface area contributed by atoms with Crippen LogP contribution in [-0.4, -0.2) is 23.1 Å². The Kier molecular flexibility index (Phi) is 2.17. The van der Waals surface area contributed by atoms with E-state index in [1.54, 1.807) is 6.07 Å². The normalized spacial score (nSPS) is 25.4. The molecule has 2 N–H and O–H groups in total. The number of halogens is 1. The van der Waals surface area contributed by atoms with Gasteiger partial charge < -0.3 is 10.3 Å². The molecule has 0 spiro atoms. The topological polar surface area (TPSA) is 40.7 Å². The Morgan fingerprint density at radius 2 is 2.25 bits per heavy atom. The third kappa shape index (κ3) is 1.41. The molecule has 1 fully saturated rings. The molecule has 1 aromatic heterocycles. The average molecular weight is 219 g/mol. The fraction of sp³-hybridized carbons (Fsp3) is 0.417. The third-order valence-corrected chi connectivity index (χ3v) is 3.35. The zero-order chi connectivity index (χ0) is 11.1. The van der Waals surface area contributed by atoms with E-state index in [0.717, 1.165) is 24.4 Å². The molecule has 84 valence electrons. The van der Waals surface area contributed by atoms with Crippen molar-refractivity contribution in [1.29, 1.82) is 0 Å². The summed E-state index contributed by atoms with van der Waals surface area (Å²) in [4.78, 5) is 7.59. The Morgan fingerprint density at radius 1 is 1.38 bits per heavy atom. The van der Waals surface area contributed by atoms with Crippen molar-refractivity contribution in [3.8, 4) is 0 Å². The maximum absolute atomic E-state index is 13.5. The van der Waals surface area contributed by atoms with Gasteiger partial charge in [0.2, 0.25) is 0 Å². The highest BCUT2D eigenvalue weighted by molar-refractivity contribution is 5.75. The van der Waals surface area contributed by atoms with Crippen molar-refractivity contribution in [2.75, 3.05) is 13.1 Å². The quantitative estimate of drug-likeness (QED) is 0.770. The van der Waals surface area contributed by atoms with E-state index in [4.69, 9.17) is 0 Å². The SMILES string of the molecule is C[C@@H]1CNC[C@H]1c1nc2c(F)cccc2[nH]1. The first kappa shape index (κ1) is 9.78. The standard InChI is InChI=1S/C12H14FN3/c1-7-5-14-6-8(7)12-15-10-4-2-3-9(13)11(10)16-12/h2-4,7-8,14H,5-6H2,1H3,(H,15,16)/t7-,8-/m1/s1. The maximum atomic E-state index is 13.5. The second-order valence-electron chi connectivity index (χ2n) is 4.50. The smallest absolute Gasteiger partial charge is 0.151 e. The number of rotatable bonds is 1. The van der Waals surface area contributed by atoms with E-state index in [-0.39, 0.29) is 5.82 Å². The molecule has 2 aromatic rings. The molecule has 0 amide bonds. The fourth-order valence-electron chi connectivity index (χ4n) is 2.37. The lowest BCUT2D eigenvalue weighted by Gasteiger charge is -2.09. The van der Waals surface area contributed by atoms with E-state index in [9.17, 15) is 4.39 Å². The van der Waals surface area contributed by atoms with E-state index in [1.165, 1.54) is 6.07 Å². The number of nitrogens with zero attached hydrogens (tertiary/aromatic N) is 1. The van der Waals surface area contributed by atoms with E-state index in [2.05, 4.69) is 22.2 Å². The number of aromatic nitrogens is 2. The first-order chi connectivity index (χ1) is 7.75. The lowest BCUT2D eigenvalue weighted by molar-refractivity contribution is 0.551. The number of fused-ring (bicyclic) bond motifs is 1. The van der Waals surface area contributed by atoms with Gasteiger partial charge in [-0.05, 0) is 24.6 Å². The molecule has 0 radical (unpaired) electrons. The lowest BCUT2D eigenvalue weighted by Crippen LogP contribution is -2.09. The van der Waals surface area contributed by atoms with Crippen molar-refractivity contribution in [3.05, 3.63) is 29.8 Å². The van der Waals surface area contributed by atoms with Crippen LogP contribution < -0.4 is 5.32 Å². The molecule has 1 aromatic carbocycles. The Labute approximate surface area is 93.1 Å². The molecule has 1 aliphatic heterocycles. The average Bonchev–Trinajstić information content (AvgIpc) is 2.84. The van der Waals surface area contributed by atoms with Crippen molar-refractivity contribution in [3.63, 3.8) is 0 Å². The molecular weight excluding hydrogens is 205 g/mol. The second kappa shape index (κ2) is 3.56. The number of aromatic amines is 1. The molecule has 4 heteroatoms. The number of nitrogens with one attached hydrogen (secondary N) is 2. The van der Waals surface area contributed by atoms with Gasteiger partial charge in [0.05, 0.1) is 5.52 Å². The largest absolute Gasteiger partial charge is 0.342 e. The fourth-order valence-corrected chi connectivity index (χ4v) is 2.37. The van der Waals surface area contributed by atoms with E-state index in [0.29, 0.717) is 17.4 Å². The zero-order valence-corrected chi connectivity index (χ0v) is 9.13. The lowest BCUT2D eigenvalue weighted by atomic mass is 9.98. The van der Waals surface area contributed by atoms with Gasteiger partial charge in [0.1, 0.15) is 11.3 Å². The maximum Gasteiger partial charge on any atom is 0.151 e. The zero-order valence-electron chi connectivity index (χ0n) is 9.13. The van der Waals surface area contributed by atoms with Crippen LogP contribution in [-0.2, 0) is 0 Å². The van der Waals surface area contributed by atoms with Crippen LogP contribution in [0.2, 0.25) is 0 Å². The first-order valence-corrected chi connectivity index (χ1v) is 5.60. The molecule has 0 saturated carbocycles. The minimum atomic E-state index is -0.251. The van der Waals surface area contributed by atoms with Crippen molar-refractivity contribution in [2.45, 2.75) is 12.8 Å². The number of imidazole rings is 1. The van der Waals surface area contributed by atoms with Crippen LogP contribution in [0.15, 0.2) is 18.2 Å². The van der Waals surface area contributed by atoms with Gasteiger partial charge in [-0.15, -0.1) is 0 Å². The molecule has 2 atom stereocenters. The molecule has 16 heavy (non-hydrogen) atoms. The summed E-state index contributed by atoms with van der Waals surface area (Å²) in [5.74, 6) is 1.56. The number of hydrogen-bond donors (Lipinski definition) is 2. The summed E-state index contributed by atoms with van der Waals surface area (Å²) < 4.78 is 13.5. The predicted octanol–water partition coefficient (Wildman–Crippen LogP) is 2.02. The highest BCUT2D eigenvalue weighted by atomic mass is 19.1. The first-order valence-electron chi connectivity index (χ1n) is 5.60. The van der Waals surface area contributed by atoms with E-state index < -0.39 is 0 Å². The van der Waals surface area contributed by atoms with Crippen LogP contribution in [0.4, 0.5) is 4.39 Å². The molecule has 3 rings (SSSR count). The second-order valence-corrected chi connectivity index (χ2v) is 4.50. The van der Waals surface area contributed by atoms with Crippen LogP contribution in [0.5, 0.6) is 0 Å². The van der Waals surface area contributed by atoms with Crippen LogP contribution in [0, 0.1) is 11.7 Å². The van der Waals surface area contributed by atoms with Crippen LogP contribution in [0.1, 0.15) is 18.7 Å². The molecule has 0 unspecified atom stereocenters. The summed E-state index contributed by atoms with van der Waals surface area (Å²) in [7, 11) is 0. The molecule has 0 aliphatic carbocycles. The van der Waals surface area contributed by atoms with Gasteiger partial charge in [-0.25, -0.2) is 9.37 Å². The van der Waals surface area contributed by atoms with Crippen molar-refractivity contribution in [2.24, 2.45) is 5.92 Å². The van der Waals surface area contributed by atoms with Crippen molar-refractivity contribution >= 4 is 11.0 Å². The number of hydrogen-bond acceptors (Lipinski definition) is 2. The molecule has 1 saturated heterocycles. The van der Waals surface area contributed by atoms with Gasteiger partial charge in [0, 0.05) is 12.5 Å². The molecule has 0 bridgehead atoms. The Morgan fingerprint density at radius 3 is 2.94 bits per heavy atom. The van der Waals surface area contributed by atoms with E-state index >= 15 is 0 Å². The summed E-state index contributed by atoms with van der Waals surface area (Å²) in [6.45, 7) is 4.11. The van der Waals surface area contributed by atoms with Gasteiger partial charge in [0.15, 0.2) is 5.82 Å².